The molecule has 1 radical (unpaired) electrons. The first kappa shape index (κ1) is 25.9. The molecule has 0 aromatic heterocycles. The molecule has 2 aliphatic rings. The molecule has 2 fully saturated rings. The highest BCUT2D eigenvalue weighted by atomic mass is 28.3. The average Bonchev–Trinajstić information content (AvgIpc) is 3.47. The van der Waals surface area contributed by atoms with Gasteiger partial charge in [0.2, 0.25) is 9.04 Å². The molecule has 2 N–H and O–H groups in total. The summed E-state index contributed by atoms with van der Waals surface area (Å²) < 4.78 is 15.9. The number of urea groups is 1. The van der Waals surface area contributed by atoms with Gasteiger partial charge in [-0.25, -0.2) is 9.59 Å². The van der Waals surface area contributed by atoms with Crippen LogP contribution in [0.25, 0.3) is 0 Å². The summed E-state index contributed by atoms with van der Waals surface area (Å²) in [5.41, 5.74) is -0.0294. The molecule has 8 nitrogen and oxygen atoms in total. The first-order chi connectivity index (χ1) is 14.5. The van der Waals surface area contributed by atoms with Crippen LogP contribution in [0.3, 0.4) is 0 Å². The van der Waals surface area contributed by atoms with E-state index in [1.54, 1.807) is 4.90 Å². The van der Waals surface area contributed by atoms with Crippen molar-refractivity contribution in [2.75, 3.05) is 40.0 Å². The molecule has 3 amide bonds. The Bertz CT molecular complexity index is 602. The Kier molecular flexibility index (Phi) is 9.63. The Labute approximate surface area is 189 Å². The van der Waals surface area contributed by atoms with Gasteiger partial charge in [-0.05, 0) is 56.0 Å². The van der Waals surface area contributed by atoms with Gasteiger partial charge in [0.15, 0.2) is 0 Å². The van der Waals surface area contributed by atoms with Crippen molar-refractivity contribution in [1.82, 2.24) is 15.5 Å². The van der Waals surface area contributed by atoms with Gasteiger partial charge in [-0.2, -0.15) is 0 Å². The largest absolute Gasteiger partial charge is 0.447 e. The molecular formula is C22H42N3O5Si. The highest BCUT2D eigenvalue weighted by Gasteiger charge is 2.42. The van der Waals surface area contributed by atoms with Crippen molar-refractivity contribution in [3.63, 3.8) is 0 Å². The van der Waals surface area contributed by atoms with Crippen molar-refractivity contribution in [2.24, 2.45) is 10.8 Å². The summed E-state index contributed by atoms with van der Waals surface area (Å²) in [5, 5.41) is 6.14. The molecule has 0 bridgehead atoms. The molecule has 1 saturated heterocycles. The fraction of sp³-hybridized carbons (Fsp3) is 0.909. The Hall–Kier alpha value is -1.32. The maximum Gasteiger partial charge on any atom is 0.407 e. The first-order valence-electron chi connectivity index (χ1n) is 11.5. The number of rotatable bonds is 11. The molecule has 1 saturated carbocycles. The summed E-state index contributed by atoms with van der Waals surface area (Å²) in [5.74, 6) is 0. The molecule has 0 aromatic rings. The molecular weight excluding hydrogens is 414 g/mol. The normalized spacial score (nSPS) is 26.9. The van der Waals surface area contributed by atoms with Crippen LogP contribution >= 0.6 is 0 Å². The molecule has 179 valence electrons. The number of hydrogen-bond acceptors (Lipinski definition) is 5. The monoisotopic (exact) mass is 456 g/mol. The third-order valence-electron chi connectivity index (χ3n) is 5.99. The summed E-state index contributed by atoms with van der Waals surface area (Å²) >= 11 is 0. The lowest BCUT2D eigenvalue weighted by molar-refractivity contribution is 0.0672. The number of alkyl carbamates (subject to hydrolysis) is 1. The minimum atomic E-state index is -0.747. The number of amides is 3. The minimum Gasteiger partial charge on any atom is -0.447 e. The van der Waals surface area contributed by atoms with Gasteiger partial charge in [-0.15, -0.1) is 0 Å². The van der Waals surface area contributed by atoms with E-state index in [9.17, 15) is 9.59 Å². The van der Waals surface area contributed by atoms with Crippen LogP contribution < -0.4 is 10.6 Å². The van der Waals surface area contributed by atoms with Gasteiger partial charge in [0.25, 0.3) is 0 Å². The van der Waals surface area contributed by atoms with E-state index in [4.69, 9.17) is 13.9 Å². The van der Waals surface area contributed by atoms with E-state index >= 15 is 0 Å². The van der Waals surface area contributed by atoms with Crippen LogP contribution in [-0.2, 0) is 13.9 Å². The van der Waals surface area contributed by atoms with Gasteiger partial charge in [0.1, 0.15) is 12.7 Å². The molecule has 0 aromatic carbocycles. The van der Waals surface area contributed by atoms with Gasteiger partial charge in [-0.3, -0.25) is 0 Å². The van der Waals surface area contributed by atoms with E-state index in [0.29, 0.717) is 19.8 Å². The summed E-state index contributed by atoms with van der Waals surface area (Å²) in [6.07, 6.45) is 3.36. The van der Waals surface area contributed by atoms with Crippen molar-refractivity contribution in [3.05, 3.63) is 0 Å². The van der Waals surface area contributed by atoms with E-state index in [2.05, 4.69) is 38.0 Å². The van der Waals surface area contributed by atoms with Crippen molar-refractivity contribution < 1.29 is 23.5 Å². The highest BCUT2D eigenvalue weighted by molar-refractivity contribution is 6.50. The third-order valence-corrected chi connectivity index (χ3v) is 7.83. The van der Waals surface area contributed by atoms with E-state index in [-0.39, 0.29) is 29.0 Å². The predicted molar refractivity (Wildman–Crippen MR) is 122 cm³/mol. The second kappa shape index (κ2) is 11.5. The molecule has 1 aliphatic heterocycles. The van der Waals surface area contributed by atoms with E-state index in [1.165, 1.54) is 0 Å². The summed E-state index contributed by atoms with van der Waals surface area (Å²) in [4.78, 5) is 26.5. The summed E-state index contributed by atoms with van der Waals surface area (Å²) in [6, 6.07) is 1.10. The fourth-order valence-electron chi connectivity index (χ4n) is 4.81. The van der Waals surface area contributed by atoms with Crippen LogP contribution in [0.4, 0.5) is 9.59 Å². The molecule has 31 heavy (non-hydrogen) atoms. The summed E-state index contributed by atoms with van der Waals surface area (Å²) in [7, 11) is 1.11. The second-order valence-corrected chi connectivity index (χ2v) is 12.5. The number of hydrogen-bond donors (Lipinski definition) is 2. The summed E-state index contributed by atoms with van der Waals surface area (Å²) in [6.45, 7) is 13.8. The van der Waals surface area contributed by atoms with Crippen LogP contribution in [0.15, 0.2) is 0 Å². The third kappa shape index (κ3) is 9.78. The molecule has 2 rings (SSSR count). The predicted octanol–water partition coefficient (Wildman–Crippen LogP) is 3.39. The standard InChI is InChI=1S/C22H42N3O5Si/c1-7-30-31(6)10-8-9-25(5)19(26)24-17-11-21(2,3)15-22(4,12-17)16-23-20(27)29-14-18-13-28-18/h17-18H,7-16H2,1-6H3,(H,23,27)(H,24,26). The van der Waals surface area contributed by atoms with Crippen molar-refractivity contribution >= 4 is 21.2 Å². The Balaban J connectivity index is 1.79. The quantitative estimate of drug-likeness (QED) is 0.367. The van der Waals surface area contributed by atoms with Crippen molar-refractivity contribution in [2.45, 2.75) is 78.1 Å². The smallest absolute Gasteiger partial charge is 0.407 e. The maximum absolute atomic E-state index is 12.7. The zero-order chi connectivity index (χ0) is 23.1. The van der Waals surface area contributed by atoms with E-state index < -0.39 is 15.1 Å². The van der Waals surface area contributed by atoms with Crippen LogP contribution in [0.5, 0.6) is 0 Å². The molecule has 9 heteroatoms. The molecule has 0 spiro atoms. The van der Waals surface area contributed by atoms with E-state index in [0.717, 1.165) is 44.9 Å². The van der Waals surface area contributed by atoms with Crippen LogP contribution in [0.1, 0.15) is 53.4 Å². The highest BCUT2D eigenvalue weighted by Crippen LogP contribution is 2.45. The SMILES string of the molecule is CCO[Si](C)CCCN(C)C(=O)NC1CC(C)(C)CC(C)(CNC(=O)OCC2CO2)C1. The number of carbonyl (C=O) groups excluding carboxylic acids is 2. The number of nitrogens with one attached hydrogen (secondary N) is 2. The Morgan fingerprint density at radius 3 is 2.61 bits per heavy atom. The lowest BCUT2D eigenvalue weighted by Gasteiger charge is -2.47. The van der Waals surface area contributed by atoms with Crippen LogP contribution in [0.2, 0.25) is 12.6 Å². The lowest BCUT2D eigenvalue weighted by atomic mass is 9.62. The number of nitrogens with zero attached hydrogens (tertiary/aromatic N) is 1. The number of ether oxygens (including phenoxy) is 2. The van der Waals surface area contributed by atoms with E-state index in [1.807, 2.05) is 14.0 Å². The molecule has 1 aliphatic carbocycles. The average molecular weight is 457 g/mol. The van der Waals surface area contributed by atoms with Crippen LogP contribution in [-0.4, -0.2) is 78.2 Å². The van der Waals surface area contributed by atoms with Crippen LogP contribution in [0, 0.1) is 10.8 Å². The molecule has 1 heterocycles. The van der Waals surface area contributed by atoms with Gasteiger partial charge in [0.05, 0.1) is 6.61 Å². The zero-order valence-corrected chi connectivity index (χ0v) is 21.2. The molecule has 3 unspecified atom stereocenters. The topological polar surface area (TPSA) is 92.4 Å². The lowest BCUT2D eigenvalue weighted by Crippen LogP contribution is -2.52. The van der Waals surface area contributed by atoms with Gasteiger partial charge in [-0.1, -0.05) is 20.8 Å². The maximum atomic E-state index is 12.7. The zero-order valence-electron chi connectivity index (χ0n) is 20.2. The van der Waals surface area contributed by atoms with Gasteiger partial charge in [0, 0.05) is 32.8 Å². The minimum absolute atomic E-state index is 0.0249. The van der Waals surface area contributed by atoms with Gasteiger partial charge >= 0.3 is 12.1 Å². The van der Waals surface area contributed by atoms with Crippen molar-refractivity contribution in [1.29, 1.82) is 0 Å². The molecule has 3 atom stereocenters. The Morgan fingerprint density at radius 2 is 1.97 bits per heavy atom. The number of epoxide rings is 1. The second-order valence-electron chi connectivity index (χ2n) is 10.3. The number of carbonyl (C=O) groups is 2. The van der Waals surface area contributed by atoms with Gasteiger partial charge < -0.3 is 29.4 Å². The Morgan fingerprint density at radius 1 is 1.26 bits per heavy atom. The first-order valence-corrected chi connectivity index (χ1v) is 13.6. The van der Waals surface area contributed by atoms with Crippen molar-refractivity contribution in [3.8, 4) is 0 Å². The fourth-order valence-corrected chi connectivity index (χ4v) is 6.10.